The Morgan fingerprint density at radius 1 is 0.369 bits per heavy atom. The lowest BCUT2D eigenvalue weighted by atomic mass is 9.85. The molecular formula is C58H58O6S. The molecule has 2 aliphatic heterocycles. The highest BCUT2D eigenvalue weighted by molar-refractivity contribution is 8.00. The fourth-order valence-electron chi connectivity index (χ4n) is 9.29. The average molecular weight is 883 g/mol. The Morgan fingerprint density at radius 3 is 0.862 bits per heavy atom. The summed E-state index contributed by atoms with van der Waals surface area (Å²) in [6.07, 6.45) is 2.22. The maximum atomic E-state index is 12.0. The van der Waals surface area contributed by atoms with Crippen LogP contribution in [0.2, 0.25) is 0 Å². The highest BCUT2D eigenvalue weighted by Gasteiger charge is 2.26. The third kappa shape index (κ3) is 9.30. The van der Waals surface area contributed by atoms with E-state index in [-0.39, 0.29) is 46.4 Å². The van der Waals surface area contributed by atoms with Crippen molar-refractivity contribution >= 4 is 11.8 Å². The molecule has 0 radical (unpaired) electrons. The van der Waals surface area contributed by atoms with Gasteiger partial charge in [-0.15, -0.1) is 11.8 Å². The normalized spacial score (nSPS) is 14.1. The molecule has 0 aromatic heterocycles. The molecule has 4 N–H and O–H groups in total. The molecule has 0 saturated carbocycles. The second kappa shape index (κ2) is 17.6. The smallest absolute Gasteiger partial charge is 0.126 e. The van der Waals surface area contributed by atoms with E-state index in [0.717, 1.165) is 66.1 Å². The molecule has 2 heterocycles. The molecule has 65 heavy (non-hydrogen) atoms. The minimum atomic E-state index is -0.196. The van der Waals surface area contributed by atoms with Crippen molar-refractivity contribution in [1.29, 1.82) is 0 Å². The topological polar surface area (TPSA) is 99.4 Å². The van der Waals surface area contributed by atoms with Crippen LogP contribution in [0.5, 0.6) is 34.5 Å². The number of thioether (sulfide) groups is 1. The first-order valence-electron chi connectivity index (χ1n) is 22.6. The highest BCUT2D eigenvalue weighted by atomic mass is 32.2. The lowest BCUT2D eigenvalue weighted by Gasteiger charge is -2.28. The standard InChI is InChI=1S/C58H58O6S/c1-57(2,3)49-31-47-33-63-54-43-21-11-22-44(54)29-41-19-9-15-37(52(41)61)26-38-16-10-20-42(53(38)62)30-46-24-12-23-45(55(46)64-34-48(32-49)56(47)65-58(4,5)6)28-40-18-8-14-36(51(40)60)25-35-13-7-17-39(27-43)50(35)59/h7-24,31-32,59-62H,25-30,33-34H2,1-6H3. The lowest BCUT2D eigenvalue weighted by molar-refractivity contribution is 0.288. The van der Waals surface area contributed by atoms with E-state index in [1.165, 1.54) is 0 Å². The Labute approximate surface area is 387 Å². The molecule has 0 unspecified atom stereocenters. The van der Waals surface area contributed by atoms with E-state index >= 15 is 0 Å². The summed E-state index contributed by atoms with van der Waals surface area (Å²) < 4.78 is 14.2. The molecule has 332 valence electrons. The zero-order valence-electron chi connectivity index (χ0n) is 38.2. The van der Waals surface area contributed by atoms with Crippen LogP contribution in [-0.2, 0) is 57.2 Å². The number of hydrogen-bond donors (Lipinski definition) is 4. The highest BCUT2D eigenvalue weighted by Crippen LogP contribution is 2.43. The molecule has 9 rings (SSSR count). The van der Waals surface area contributed by atoms with Gasteiger partial charge in [-0.05, 0) is 77.7 Å². The monoisotopic (exact) mass is 882 g/mol. The van der Waals surface area contributed by atoms with Gasteiger partial charge < -0.3 is 29.9 Å². The Morgan fingerprint density at radius 2 is 0.615 bits per heavy atom. The number of rotatable bonds is 1. The van der Waals surface area contributed by atoms with Gasteiger partial charge in [0.1, 0.15) is 47.7 Å². The number of hydrogen-bond acceptors (Lipinski definition) is 7. The Hall–Kier alpha value is -6.31. The first-order chi connectivity index (χ1) is 31.1. The van der Waals surface area contributed by atoms with E-state index in [0.29, 0.717) is 72.3 Å². The number of benzene rings is 7. The minimum Gasteiger partial charge on any atom is -0.507 e. The van der Waals surface area contributed by atoms with E-state index in [2.05, 4.69) is 77.9 Å². The summed E-state index contributed by atoms with van der Waals surface area (Å²) in [5.74, 6) is 2.14. The van der Waals surface area contributed by atoms with Crippen LogP contribution in [-0.4, -0.2) is 25.2 Å². The van der Waals surface area contributed by atoms with E-state index < -0.39 is 0 Å². The molecule has 7 heteroatoms. The third-order valence-corrected chi connectivity index (χ3v) is 14.1. The van der Waals surface area contributed by atoms with Gasteiger partial charge in [-0.1, -0.05) is 163 Å². The summed E-state index contributed by atoms with van der Waals surface area (Å²) in [4.78, 5) is 1.10. The van der Waals surface area contributed by atoms with Crippen LogP contribution >= 0.6 is 11.8 Å². The van der Waals surface area contributed by atoms with Crippen molar-refractivity contribution < 1.29 is 29.9 Å². The molecule has 0 spiro atoms. The van der Waals surface area contributed by atoms with Gasteiger partial charge in [0.15, 0.2) is 0 Å². The number of phenols is 4. The second-order valence-electron chi connectivity index (χ2n) is 19.7. The van der Waals surface area contributed by atoms with Crippen LogP contribution < -0.4 is 9.47 Å². The van der Waals surface area contributed by atoms with E-state index in [4.69, 9.17) is 9.47 Å². The van der Waals surface area contributed by atoms with Crippen molar-refractivity contribution in [3.05, 3.63) is 205 Å². The lowest BCUT2D eigenvalue weighted by Crippen LogP contribution is -2.17. The summed E-state index contributed by atoms with van der Waals surface area (Å²) in [6.45, 7) is 13.9. The number of phenolic OH excluding ortho intramolecular Hbond substituents is 4. The van der Waals surface area contributed by atoms with E-state index in [1.54, 1.807) is 11.8 Å². The molecule has 0 amide bonds. The van der Waals surface area contributed by atoms with Gasteiger partial charge in [-0.3, -0.25) is 0 Å². The van der Waals surface area contributed by atoms with Gasteiger partial charge in [0.05, 0.1) is 0 Å². The van der Waals surface area contributed by atoms with Crippen molar-refractivity contribution in [3.63, 3.8) is 0 Å². The molecule has 0 saturated heterocycles. The predicted octanol–water partition coefficient (Wildman–Crippen LogP) is 13.0. The predicted molar refractivity (Wildman–Crippen MR) is 262 cm³/mol. The fraction of sp³-hybridized carbons (Fsp3) is 0.276. The zero-order chi connectivity index (χ0) is 45.6. The quantitative estimate of drug-likeness (QED) is 0.122. The summed E-state index contributed by atoms with van der Waals surface area (Å²) in [5, 5.41) is 48.0. The summed E-state index contributed by atoms with van der Waals surface area (Å²) in [5.41, 5.74) is 12.5. The van der Waals surface area contributed by atoms with Crippen LogP contribution in [0.1, 0.15) is 125 Å². The van der Waals surface area contributed by atoms with Crippen LogP contribution in [0.3, 0.4) is 0 Å². The molecule has 6 nitrogen and oxygen atoms in total. The zero-order valence-corrected chi connectivity index (χ0v) is 39.0. The number of ether oxygens (including phenoxy) is 2. The van der Waals surface area contributed by atoms with Gasteiger partial charge in [-0.2, -0.15) is 0 Å². The van der Waals surface area contributed by atoms with E-state index in [1.807, 2.05) is 84.9 Å². The van der Waals surface area contributed by atoms with Crippen LogP contribution in [0.25, 0.3) is 0 Å². The second-order valence-corrected chi connectivity index (χ2v) is 21.6. The SMILES string of the molecule is CC(C)(C)Sc1c2cc(C(C)(C)C)cc1COc1c3cccc1Cc1cccc(c1O)Cc1cccc(c1O)Cc1cccc(c1OC2)Cc1cccc(c1O)Cc1cccc(c1O)C3. The van der Waals surface area contributed by atoms with Gasteiger partial charge in [-0.25, -0.2) is 0 Å². The number of aromatic hydroxyl groups is 4. The summed E-state index contributed by atoms with van der Waals surface area (Å²) in [7, 11) is 0. The summed E-state index contributed by atoms with van der Waals surface area (Å²) >= 11 is 1.80. The molecule has 7 aromatic rings. The van der Waals surface area contributed by atoms with Crippen LogP contribution in [0.4, 0.5) is 0 Å². The number of fused-ring (bicyclic) bond motifs is 10. The van der Waals surface area contributed by atoms with Crippen molar-refractivity contribution in [2.75, 3.05) is 0 Å². The molecule has 0 atom stereocenters. The Kier molecular flexibility index (Phi) is 11.9. The van der Waals surface area contributed by atoms with Gasteiger partial charge in [0.2, 0.25) is 0 Å². The third-order valence-electron chi connectivity index (χ3n) is 12.7. The average Bonchev–Trinajstić information content (AvgIpc) is 3.25. The molecule has 0 aliphatic carbocycles. The molecule has 0 fully saturated rings. The van der Waals surface area contributed by atoms with Crippen molar-refractivity contribution in [1.82, 2.24) is 0 Å². The molecule has 7 aromatic carbocycles. The molecule has 2 aliphatic rings. The minimum absolute atomic E-state index is 0.156. The van der Waals surface area contributed by atoms with Crippen molar-refractivity contribution in [3.8, 4) is 34.5 Å². The Bertz CT molecular complexity index is 2610. The largest absolute Gasteiger partial charge is 0.507 e. The first kappa shape index (κ1) is 43.9. The van der Waals surface area contributed by atoms with E-state index in [9.17, 15) is 20.4 Å². The van der Waals surface area contributed by atoms with Crippen molar-refractivity contribution in [2.45, 2.75) is 108 Å². The molecular weight excluding hydrogens is 825 g/mol. The maximum Gasteiger partial charge on any atom is 0.126 e. The number of para-hydroxylation sites is 6. The maximum absolute atomic E-state index is 12.0. The van der Waals surface area contributed by atoms with Gasteiger partial charge in [0, 0.05) is 59.3 Å². The van der Waals surface area contributed by atoms with Crippen molar-refractivity contribution in [2.24, 2.45) is 0 Å². The molecule has 12 bridgehead atoms. The Balaban J connectivity index is 1.35. The summed E-state index contributed by atoms with van der Waals surface area (Å²) in [6, 6.07) is 40.2. The van der Waals surface area contributed by atoms with Crippen LogP contribution in [0, 0.1) is 0 Å². The first-order valence-corrected chi connectivity index (χ1v) is 23.4. The van der Waals surface area contributed by atoms with Gasteiger partial charge >= 0.3 is 0 Å². The van der Waals surface area contributed by atoms with Crippen LogP contribution in [0.15, 0.2) is 126 Å². The fourth-order valence-corrected chi connectivity index (χ4v) is 10.4. The van der Waals surface area contributed by atoms with Gasteiger partial charge in [0.25, 0.3) is 0 Å².